The number of sulfonamides is 1. The summed E-state index contributed by atoms with van der Waals surface area (Å²) < 4.78 is 40.0. The molecular formula is C25H29N3O6S. The molecule has 3 N–H and O–H groups in total. The molecule has 1 aromatic heterocycles. The maximum atomic E-state index is 13.2. The first-order chi connectivity index (χ1) is 16.5. The molecule has 2 aromatic carbocycles. The zero-order valence-corrected chi connectivity index (χ0v) is 20.8. The number of carbonyl (C=O) groups excluding carboxylic acids is 1. The molecule has 1 aliphatic rings. The second kappa shape index (κ2) is 9.44. The van der Waals surface area contributed by atoms with Crippen LogP contribution in [-0.2, 0) is 16.4 Å². The smallest absolute Gasteiger partial charge is 0.251 e. The molecule has 0 bridgehead atoms. The monoisotopic (exact) mass is 499 g/mol. The predicted octanol–water partition coefficient (Wildman–Crippen LogP) is 2.82. The summed E-state index contributed by atoms with van der Waals surface area (Å²) in [5.41, 5.74) is 0.920. The average molecular weight is 500 g/mol. The number of hydrogen-bond donors (Lipinski definition) is 3. The van der Waals surface area contributed by atoms with Crippen LogP contribution in [0, 0.1) is 13.8 Å². The van der Waals surface area contributed by atoms with Gasteiger partial charge in [-0.2, -0.15) is 0 Å². The zero-order valence-electron chi connectivity index (χ0n) is 20.0. The number of nitrogens with zero attached hydrogens (tertiary/aromatic N) is 1. The molecule has 0 spiro atoms. The van der Waals surface area contributed by atoms with E-state index in [9.17, 15) is 18.3 Å². The minimum absolute atomic E-state index is 0.0784. The highest BCUT2D eigenvalue weighted by atomic mass is 32.2. The van der Waals surface area contributed by atoms with Crippen molar-refractivity contribution >= 4 is 15.9 Å². The molecule has 0 aliphatic carbocycles. The molecule has 10 heteroatoms. The second-order valence-electron chi connectivity index (χ2n) is 9.15. The fraction of sp³-hybridized carbons (Fsp3) is 0.360. The first-order valence-corrected chi connectivity index (χ1v) is 12.8. The third kappa shape index (κ3) is 5.09. The highest BCUT2D eigenvalue weighted by Gasteiger charge is 2.45. The van der Waals surface area contributed by atoms with Gasteiger partial charge in [0.25, 0.3) is 5.91 Å². The fourth-order valence-electron chi connectivity index (χ4n) is 4.22. The van der Waals surface area contributed by atoms with Gasteiger partial charge in [0.15, 0.2) is 5.76 Å². The standard InChI is InChI=1S/C25H29N3O6S/c1-15-22(16(2)34-27-15)35(31,32)28-21-19-14-18(10-11-20(19)33-25(3,4)23(21)29)24(30)26-13-12-17-8-6-5-7-9-17/h5-11,14,21,23,28-29H,12-13H2,1-4H3,(H,26,30)/t21-,23+/m1/s1. The lowest BCUT2D eigenvalue weighted by Crippen LogP contribution is -2.53. The van der Waals surface area contributed by atoms with Gasteiger partial charge < -0.3 is 19.7 Å². The molecule has 1 amide bonds. The highest BCUT2D eigenvalue weighted by molar-refractivity contribution is 7.89. The van der Waals surface area contributed by atoms with Gasteiger partial charge in [0.05, 0.1) is 6.04 Å². The summed E-state index contributed by atoms with van der Waals surface area (Å²) in [5.74, 6) is 0.213. The van der Waals surface area contributed by atoms with Crippen LogP contribution < -0.4 is 14.8 Å². The minimum Gasteiger partial charge on any atom is -0.485 e. The van der Waals surface area contributed by atoms with Crippen molar-refractivity contribution in [1.82, 2.24) is 15.2 Å². The number of rotatable bonds is 7. The van der Waals surface area contributed by atoms with Gasteiger partial charge in [-0.05, 0) is 57.9 Å². The summed E-state index contributed by atoms with van der Waals surface area (Å²) in [4.78, 5) is 12.7. The van der Waals surface area contributed by atoms with Crippen LogP contribution in [0.15, 0.2) is 57.9 Å². The van der Waals surface area contributed by atoms with Gasteiger partial charge in [-0.25, -0.2) is 13.1 Å². The summed E-state index contributed by atoms with van der Waals surface area (Å²) in [6, 6.07) is 13.5. The van der Waals surface area contributed by atoms with Crippen LogP contribution in [0.5, 0.6) is 5.75 Å². The second-order valence-corrected chi connectivity index (χ2v) is 10.8. The summed E-state index contributed by atoms with van der Waals surface area (Å²) in [5, 5.41) is 17.6. The fourth-order valence-corrected chi connectivity index (χ4v) is 5.77. The van der Waals surface area contributed by atoms with Gasteiger partial charge in [0, 0.05) is 17.7 Å². The average Bonchev–Trinajstić information content (AvgIpc) is 3.16. The number of aliphatic hydroxyl groups is 1. The Morgan fingerprint density at radius 2 is 1.86 bits per heavy atom. The first-order valence-electron chi connectivity index (χ1n) is 11.3. The van der Waals surface area contributed by atoms with Crippen molar-refractivity contribution in [2.45, 2.75) is 56.8 Å². The third-order valence-corrected chi connectivity index (χ3v) is 7.75. The van der Waals surface area contributed by atoms with E-state index in [1.165, 1.54) is 13.8 Å². The minimum atomic E-state index is -4.10. The molecule has 186 valence electrons. The Morgan fingerprint density at radius 1 is 1.14 bits per heavy atom. The SMILES string of the molecule is Cc1noc(C)c1S(=O)(=O)N[C@@H]1c2cc(C(=O)NCCc3ccccc3)ccc2OC(C)(C)[C@H]1O. The molecule has 0 fully saturated rings. The van der Waals surface area contributed by atoms with Crippen molar-refractivity contribution in [2.75, 3.05) is 6.54 Å². The van der Waals surface area contributed by atoms with Crippen molar-refractivity contribution in [3.05, 3.63) is 76.7 Å². The Kier molecular flexibility index (Phi) is 6.72. The molecule has 2 heterocycles. The van der Waals surface area contributed by atoms with Gasteiger partial charge in [0.1, 0.15) is 28.0 Å². The number of nitrogens with one attached hydrogen (secondary N) is 2. The Morgan fingerprint density at radius 3 is 2.51 bits per heavy atom. The van der Waals surface area contributed by atoms with Crippen molar-refractivity contribution in [2.24, 2.45) is 0 Å². The maximum absolute atomic E-state index is 13.2. The molecule has 35 heavy (non-hydrogen) atoms. The maximum Gasteiger partial charge on any atom is 0.251 e. The lowest BCUT2D eigenvalue weighted by molar-refractivity contribution is -0.0603. The van der Waals surface area contributed by atoms with E-state index in [2.05, 4.69) is 15.2 Å². The quantitative estimate of drug-likeness (QED) is 0.456. The lowest BCUT2D eigenvalue weighted by atomic mass is 9.86. The van der Waals surface area contributed by atoms with Gasteiger partial charge in [-0.15, -0.1) is 0 Å². The van der Waals surface area contributed by atoms with Crippen LogP contribution in [0.3, 0.4) is 0 Å². The van der Waals surface area contributed by atoms with Crippen molar-refractivity contribution in [3.8, 4) is 5.75 Å². The van der Waals surface area contributed by atoms with E-state index >= 15 is 0 Å². The molecule has 0 unspecified atom stereocenters. The molecule has 4 rings (SSSR count). The molecule has 2 atom stereocenters. The molecule has 0 radical (unpaired) electrons. The molecule has 9 nitrogen and oxygen atoms in total. The molecule has 3 aromatic rings. The molecule has 0 saturated heterocycles. The van der Waals surface area contributed by atoms with Crippen molar-refractivity contribution in [3.63, 3.8) is 0 Å². The van der Waals surface area contributed by atoms with Crippen LogP contribution in [0.25, 0.3) is 0 Å². The third-order valence-electron chi connectivity index (χ3n) is 6.07. The summed E-state index contributed by atoms with van der Waals surface area (Å²) in [6.07, 6.45) is -0.561. The number of fused-ring (bicyclic) bond motifs is 1. The van der Waals surface area contributed by atoms with Crippen LogP contribution in [0.1, 0.15) is 52.8 Å². The van der Waals surface area contributed by atoms with E-state index in [4.69, 9.17) is 9.26 Å². The first kappa shape index (κ1) is 24.9. The van der Waals surface area contributed by atoms with Gasteiger partial charge >= 0.3 is 0 Å². The number of aryl methyl sites for hydroxylation is 2. The normalized spacial score (nSPS) is 19.0. The van der Waals surface area contributed by atoms with Crippen LogP contribution in [0.4, 0.5) is 0 Å². The van der Waals surface area contributed by atoms with Gasteiger partial charge in [-0.1, -0.05) is 35.5 Å². The molecular weight excluding hydrogens is 470 g/mol. The largest absolute Gasteiger partial charge is 0.485 e. The summed E-state index contributed by atoms with van der Waals surface area (Å²) in [6.45, 7) is 6.81. The van der Waals surface area contributed by atoms with E-state index in [-0.39, 0.29) is 22.3 Å². The van der Waals surface area contributed by atoms with E-state index in [0.29, 0.717) is 29.8 Å². The van der Waals surface area contributed by atoms with Crippen molar-refractivity contribution in [1.29, 1.82) is 0 Å². The Labute approximate surface area is 204 Å². The number of carbonyl (C=O) groups is 1. The van der Waals surface area contributed by atoms with Crippen LogP contribution in [-0.4, -0.2) is 42.8 Å². The van der Waals surface area contributed by atoms with E-state index in [1.54, 1.807) is 32.0 Å². The van der Waals surface area contributed by atoms with E-state index < -0.39 is 27.8 Å². The Hall–Kier alpha value is -3.21. The van der Waals surface area contributed by atoms with Crippen LogP contribution >= 0.6 is 0 Å². The molecule has 0 saturated carbocycles. The number of aliphatic hydroxyl groups excluding tert-OH is 1. The highest BCUT2D eigenvalue weighted by Crippen LogP contribution is 2.41. The number of benzene rings is 2. The van der Waals surface area contributed by atoms with E-state index in [1.807, 2.05) is 30.3 Å². The number of amides is 1. The predicted molar refractivity (Wildman–Crippen MR) is 129 cm³/mol. The van der Waals surface area contributed by atoms with Crippen molar-refractivity contribution < 1.29 is 27.6 Å². The van der Waals surface area contributed by atoms with Crippen LogP contribution in [0.2, 0.25) is 0 Å². The zero-order chi connectivity index (χ0) is 25.4. The molecule has 1 aliphatic heterocycles. The van der Waals surface area contributed by atoms with Gasteiger partial charge in [-0.3, -0.25) is 4.79 Å². The lowest BCUT2D eigenvalue weighted by Gasteiger charge is -2.42. The van der Waals surface area contributed by atoms with E-state index in [0.717, 1.165) is 5.56 Å². The Balaban J connectivity index is 1.60. The summed E-state index contributed by atoms with van der Waals surface area (Å²) >= 11 is 0. The number of ether oxygens (including phenoxy) is 1. The Bertz CT molecular complexity index is 1310. The number of aromatic nitrogens is 1. The van der Waals surface area contributed by atoms with Gasteiger partial charge in [0.2, 0.25) is 10.0 Å². The summed E-state index contributed by atoms with van der Waals surface area (Å²) in [7, 11) is -4.10. The number of hydrogen-bond acceptors (Lipinski definition) is 7. The topological polar surface area (TPSA) is 131 Å².